The van der Waals surface area contributed by atoms with Crippen LogP contribution in [0.2, 0.25) is 0 Å². The summed E-state index contributed by atoms with van der Waals surface area (Å²) in [4.78, 5) is 10.5. The molecule has 0 saturated carbocycles. The van der Waals surface area contributed by atoms with E-state index < -0.39 is 5.97 Å². The van der Waals surface area contributed by atoms with E-state index in [4.69, 9.17) is 5.11 Å². The second-order valence-corrected chi connectivity index (χ2v) is 1.46. The molecule has 0 aromatic rings. The zero-order valence-electron chi connectivity index (χ0n) is 6.47. The maximum Gasteiger partial charge on any atom is 1.00 e. The molecule has 0 bridgehead atoms. The predicted molar refractivity (Wildman–Crippen MR) is 31.7 cm³/mol. The average molecular weight is 152 g/mol. The number of hydrogen-bond acceptors (Lipinski definition) is 3. The standard InChI is InChI=1S/C6H9O3.Na/c1-3-9-6(8)5(2)4-7;/h7H,3H2,1-2H3;/q-1;+1. The van der Waals surface area contributed by atoms with Crippen molar-refractivity contribution in [1.82, 2.24) is 0 Å². The smallest absolute Gasteiger partial charge is 0.607 e. The Morgan fingerprint density at radius 3 is 2.50 bits per heavy atom. The molecule has 52 valence electrons. The van der Waals surface area contributed by atoms with E-state index in [1.807, 2.05) is 0 Å². The van der Waals surface area contributed by atoms with Crippen LogP contribution in [-0.4, -0.2) is 17.7 Å². The number of aliphatic hydroxyl groups excluding tert-OH is 1. The van der Waals surface area contributed by atoms with Crippen LogP contribution >= 0.6 is 0 Å². The molecule has 0 aliphatic carbocycles. The largest absolute Gasteiger partial charge is 1.00 e. The van der Waals surface area contributed by atoms with Crippen molar-refractivity contribution in [1.29, 1.82) is 0 Å². The Bertz CT molecular complexity index is 131. The molecule has 0 unspecified atom stereocenters. The first-order chi connectivity index (χ1) is 4.22. The number of esters is 1. The number of ether oxygens (including phenoxy) is 1. The summed E-state index contributed by atoms with van der Waals surface area (Å²) in [5.74, 6) is -0.528. The van der Waals surface area contributed by atoms with Crippen molar-refractivity contribution in [3.63, 3.8) is 0 Å². The first kappa shape index (κ1) is 12.7. The summed E-state index contributed by atoms with van der Waals surface area (Å²) in [6, 6.07) is 0. The molecule has 0 fully saturated rings. The van der Waals surface area contributed by atoms with Crippen LogP contribution in [-0.2, 0) is 9.53 Å². The van der Waals surface area contributed by atoms with Gasteiger partial charge in [-0.05, 0) is 6.92 Å². The van der Waals surface area contributed by atoms with Crippen LogP contribution in [0.5, 0.6) is 0 Å². The maximum absolute atomic E-state index is 10.5. The summed E-state index contributed by atoms with van der Waals surface area (Å²) in [5.41, 5.74) is 0.0943. The van der Waals surface area contributed by atoms with Crippen LogP contribution in [0, 0.1) is 6.26 Å². The van der Waals surface area contributed by atoms with Gasteiger partial charge in [0, 0.05) is 0 Å². The summed E-state index contributed by atoms with van der Waals surface area (Å²) >= 11 is 0. The van der Waals surface area contributed by atoms with E-state index in [1.54, 1.807) is 13.2 Å². The van der Waals surface area contributed by atoms with E-state index in [9.17, 15) is 4.79 Å². The Morgan fingerprint density at radius 2 is 2.20 bits per heavy atom. The first-order valence-corrected chi connectivity index (χ1v) is 2.63. The van der Waals surface area contributed by atoms with E-state index in [-0.39, 0.29) is 35.1 Å². The van der Waals surface area contributed by atoms with Crippen LogP contribution in [0.15, 0.2) is 5.57 Å². The van der Waals surface area contributed by atoms with Gasteiger partial charge in [-0.3, -0.25) is 0 Å². The van der Waals surface area contributed by atoms with Crippen molar-refractivity contribution in [2.24, 2.45) is 0 Å². The molecule has 0 saturated heterocycles. The van der Waals surface area contributed by atoms with Gasteiger partial charge < -0.3 is 14.6 Å². The molecule has 0 aliphatic rings. The van der Waals surface area contributed by atoms with Gasteiger partial charge in [0.2, 0.25) is 0 Å². The minimum Gasteiger partial charge on any atom is -0.607 e. The SMILES string of the molecule is CCOC(=O)C(C)=[C-]O.[Na+]. The number of rotatable bonds is 2. The van der Waals surface area contributed by atoms with Crippen LogP contribution in [0.3, 0.4) is 0 Å². The fourth-order valence-corrected chi connectivity index (χ4v) is 0.285. The Hall–Kier alpha value is 0.0100. The van der Waals surface area contributed by atoms with Crippen LogP contribution in [0.4, 0.5) is 0 Å². The summed E-state index contributed by atoms with van der Waals surface area (Å²) in [7, 11) is 0. The molecule has 3 nitrogen and oxygen atoms in total. The second-order valence-electron chi connectivity index (χ2n) is 1.46. The van der Waals surface area contributed by atoms with Crippen molar-refractivity contribution in [3.05, 3.63) is 11.8 Å². The molecule has 0 amide bonds. The topological polar surface area (TPSA) is 46.5 Å². The van der Waals surface area contributed by atoms with E-state index in [1.165, 1.54) is 6.92 Å². The van der Waals surface area contributed by atoms with Crippen molar-refractivity contribution in [2.45, 2.75) is 13.8 Å². The van der Waals surface area contributed by atoms with Crippen molar-refractivity contribution >= 4 is 5.97 Å². The van der Waals surface area contributed by atoms with Crippen LogP contribution in [0.25, 0.3) is 0 Å². The van der Waals surface area contributed by atoms with Gasteiger partial charge >= 0.3 is 29.6 Å². The van der Waals surface area contributed by atoms with E-state index in [0.29, 0.717) is 6.61 Å². The van der Waals surface area contributed by atoms with E-state index >= 15 is 0 Å². The number of aliphatic hydroxyl groups is 1. The number of carbonyl (C=O) groups is 1. The molecule has 0 aromatic heterocycles. The van der Waals surface area contributed by atoms with Gasteiger partial charge in [-0.2, -0.15) is 0 Å². The molecule has 4 heteroatoms. The minimum atomic E-state index is -0.528. The molecular formula is C6H9NaO3. The summed E-state index contributed by atoms with van der Waals surface area (Å²) < 4.78 is 4.50. The Morgan fingerprint density at radius 1 is 1.70 bits per heavy atom. The molecule has 0 heterocycles. The summed E-state index contributed by atoms with van der Waals surface area (Å²) in [6.07, 6.45) is 1.69. The van der Waals surface area contributed by atoms with Crippen molar-refractivity contribution in [2.75, 3.05) is 6.61 Å². The summed E-state index contributed by atoms with van der Waals surface area (Å²) in [6.45, 7) is 3.44. The third kappa shape index (κ3) is 4.85. The van der Waals surface area contributed by atoms with Crippen molar-refractivity contribution in [3.8, 4) is 0 Å². The quantitative estimate of drug-likeness (QED) is 0.161. The van der Waals surface area contributed by atoms with Gasteiger partial charge in [0.1, 0.15) is 0 Å². The Balaban J connectivity index is 0. The Kier molecular flexibility index (Phi) is 9.02. The molecular weight excluding hydrogens is 143 g/mol. The minimum absolute atomic E-state index is 0. The molecule has 0 atom stereocenters. The average Bonchev–Trinajstić information content (AvgIpc) is 1.87. The van der Waals surface area contributed by atoms with Gasteiger partial charge in [-0.1, -0.05) is 13.2 Å². The Labute approximate surface area is 82.4 Å². The van der Waals surface area contributed by atoms with Gasteiger partial charge in [0.05, 0.1) is 6.61 Å². The molecule has 1 N–H and O–H groups in total. The predicted octanol–water partition coefficient (Wildman–Crippen LogP) is -2.18. The van der Waals surface area contributed by atoms with Gasteiger partial charge in [-0.15, -0.1) is 5.57 Å². The van der Waals surface area contributed by atoms with E-state index in [2.05, 4.69) is 4.74 Å². The molecule has 0 spiro atoms. The normalized spacial score (nSPS) is 10.0. The zero-order chi connectivity index (χ0) is 7.28. The number of hydrogen-bond donors (Lipinski definition) is 1. The van der Waals surface area contributed by atoms with Gasteiger partial charge in [0.15, 0.2) is 5.97 Å². The van der Waals surface area contributed by atoms with E-state index in [0.717, 1.165) is 0 Å². The molecule has 0 aliphatic heterocycles. The van der Waals surface area contributed by atoms with Gasteiger partial charge in [0.25, 0.3) is 0 Å². The fraction of sp³-hybridized carbons (Fsp3) is 0.500. The second kappa shape index (κ2) is 7.12. The van der Waals surface area contributed by atoms with Crippen molar-refractivity contribution < 1.29 is 44.2 Å². The summed E-state index contributed by atoms with van der Waals surface area (Å²) in [5, 5.41) is 8.14. The van der Waals surface area contributed by atoms with Gasteiger partial charge in [-0.25, -0.2) is 0 Å². The third-order valence-corrected chi connectivity index (χ3v) is 0.749. The maximum atomic E-state index is 10.5. The first-order valence-electron chi connectivity index (χ1n) is 2.63. The molecule has 10 heavy (non-hydrogen) atoms. The molecule has 0 radical (unpaired) electrons. The number of carbonyl (C=O) groups excluding carboxylic acids is 1. The monoisotopic (exact) mass is 152 g/mol. The fourth-order valence-electron chi connectivity index (χ4n) is 0.285. The molecule has 0 rings (SSSR count). The molecule has 0 aromatic carbocycles. The van der Waals surface area contributed by atoms with Crippen LogP contribution < -0.4 is 29.6 Å². The van der Waals surface area contributed by atoms with Crippen LogP contribution in [0.1, 0.15) is 13.8 Å². The third-order valence-electron chi connectivity index (χ3n) is 0.749. The zero-order valence-corrected chi connectivity index (χ0v) is 8.47.